The van der Waals surface area contributed by atoms with Gasteiger partial charge in [-0.15, -0.1) is 0 Å². The predicted molar refractivity (Wildman–Crippen MR) is 52.9 cm³/mol. The fourth-order valence-electron chi connectivity index (χ4n) is 1.33. The Bertz CT molecular complexity index is 349. The smallest absolute Gasteiger partial charge is 0.303 e. The third-order valence-corrected chi connectivity index (χ3v) is 2.15. The molecular weight excluding hydrogens is 219 g/mol. The maximum Gasteiger partial charge on any atom is 0.416 e. The van der Waals surface area contributed by atoms with Crippen molar-refractivity contribution < 1.29 is 18.0 Å². The average molecular weight is 231 g/mol. The number of halogens is 3. The number of alkyl halides is 3. The molecule has 0 aliphatic rings. The Hall–Kier alpha value is -1.39. The van der Waals surface area contributed by atoms with E-state index in [1.165, 1.54) is 0 Å². The van der Waals surface area contributed by atoms with E-state index in [2.05, 4.69) is 4.98 Å². The first kappa shape index (κ1) is 12.7. The Labute approximate surface area is 91.5 Å². The molecule has 5 heteroatoms. The number of pyridine rings is 1. The van der Waals surface area contributed by atoms with Crippen molar-refractivity contribution in [1.82, 2.24) is 4.98 Å². The van der Waals surface area contributed by atoms with Crippen LogP contribution in [-0.2, 0) is 17.4 Å². The average Bonchev–Trinajstić information content (AvgIpc) is 2.24. The third kappa shape index (κ3) is 4.00. The van der Waals surface area contributed by atoms with Crippen molar-refractivity contribution in [3.63, 3.8) is 0 Å². The predicted octanol–water partition coefficient (Wildman–Crippen LogP) is 3.01. The Kier molecular flexibility index (Phi) is 4.46. The van der Waals surface area contributed by atoms with Gasteiger partial charge in [-0.05, 0) is 31.4 Å². The van der Waals surface area contributed by atoms with Crippen molar-refractivity contribution in [3.05, 3.63) is 29.6 Å². The third-order valence-electron chi connectivity index (χ3n) is 2.15. The van der Waals surface area contributed by atoms with Crippen molar-refractivity contribution in [1.29, 1.82) is 0 Å². The molecule has 0 aromatic carbocycles. The van der Waals surface area contributed by atoms with Crippen LogP contribution in [0.2, 0.25) is 0 Å². The second kappa shape index (κ2) is 5.63. The van der Waals surface area contributed by atoms with E-state index in [9.17, 15) is 18.0 Å². The van der Waals surface area contributed by atoms with Gasteiger partial charge >= 0.3 is 6.18 Å². The Morgan fingerprint density at radius 3 is 2.69 bits per heavy atom. The van der Waals surface area contributed by atoms with E-state index >= 15 is 0 Å². The van der Waals surface area contributed by atoms with Crippen LogP contribution in [0.25, 0.3) is 0 Å². The topological polar surface area (TPSA) is 30.0 Å². The Balaban J connectivity index is 2.57. The number of aldehydes is 1. The molecule has 1 rings (SSSR count). The van der Waals surface area contributed by atoms with Gasteiger partial charge < -0.3 is 4.79 Å². The number of aryl methyl sites for hydroxylation is 1. The zero-order chi connectivity index (χ0) is 12.0. The molecule has 0 saturated heterocycles. The van der Waals surface area contributed by atoms with Crippen LogP contribution in [-0.4, -0.2) is 11.3 Å². The van der Waals surface area contributed by atoms with Gasteiger partial charge in [0.05, 0.1) is 5.56 Å². The standard InChI is InChI=1S/C11H12F3NO/c12-11(13,14)9-5-6-15-10(8-9)4-2-1-3-7-16/h5-8H,1-4H2. The van der Waals surface area contributed by atoms with Gasteiger partial charge in [0.15, 0.2) is 0 Å². The van der Waals surface area contributed by atoms with E-state index in [-0.39, 0.29) is 0 Å². The van der Waals surface area contributed by atoms with Crippen LogP contribution in [0.4, 0.5) is 13.2 Å². The summed E-state index contributed by atoms with van der Waals surface area (Å²) < 4.78 is 37.0. The first-order valence-electron chi connectivity index (χ1n) is 5.00. The van der Waals surface area contributed by atoms with Crippen molar-refractivity contribution in [3.8, 4) is 0 Å². The van der Waals surface area contributed by atoms with Crippen LogP contribution in [0.5, 0.6) is 0 Å². The monoisotopic (exact) mass is 231 g/mol. The zero-order valence-electron chi connectivity index (χ0n) is 8.63. The lowest BCUT2D eigenvalue weighted by atomic mass is 10.1. The highest BCUT2D eigenvalue weighted by atomic mass is 19.4. The van der Waals surface area contributed by atoms with E-state index < -0.39 is 11.7 Å². The quantitative estimate of drug-likeness (QED) is 0.576. The molecule has 0 saturated carbocycles. The summed E-state index contributed by atoms with van der Waals surface area (Å²) in [6, 6.07) is 2.01. The van der Waals surface area contributed by atoms with Gasteiger partial charge in [-0.3, -0.25) is 4.98 Å². The molecular formula is C11H12F3NO. The number of carbonyl (C=O) groups is 1. The van der Waals surface area contributed by atoms with Crippen molar-refractivity contribution >= 4 is 6.29 Å². The second-order valence-corrected chi connectivity index (χ2v) is 3.45. The molecule has 88 valence electrons. The summed E-state index contributed by atoms with van der Waals surface area (Å²) in [5.41, 5.74) is -0.256. The first-order valence-corrected chi connectivity index (χ1v) is 5.00. The summed E-state index contributed by atoms with van der Waals surface area (Å²) in [5.74, 6) is 0. The second-order valence-electron chi connectivity index (χ2n) is 3.45. The highest BCUT2D eigenvalue weighted by Gasteiger charge is 2.30. The molecule has 0 radical (unpaired) electrons. The van der Waals surface area contributed by atoms with Crippen LogP contribution in [0.3, 0.4) is 0 Å². The normalized spacial score (nSPS) is 11.4. The Morgan fingerprint density at radius 2 is 2.06 bits per heavy atom. The lowest BCUT2D eigenvalue weighted by Gasteiger charge is -2.07. The van der Waals surface area contributed by atoms with E-state index in [1.807, 2.05) is 0 Å². The van der Waals surface area contributed by atoms with Crippen molar-refractivity contribution in [2.24, 2.45) is 0 Å². The number of nitrogens with zero attached hydrogens (tertiary/aromatic N) is 1. The number of hydrogen-bond acceptors (Lipinski definition) is 2. The van der Waals surface area contributed by atoms with Gasteiger partial charge in [0.1, 0.15) is 6.29 Å². The highest BCUT2D eigenvalue weighted by Crippen LogP contribution is 2.29. The highest BCUT2D eigenvalue weighted by molar-refractivity contribution is 5.48. The number of carbonyl (C=O) groups excluding carboxylic acids is 1. The molecule has 1 heterocycles. The summed E-state index contributed by atoms with van der Waals surface area (Å²) in [6.07, 6.45) is -0.0802. The summed E-state index contributed by atoms with van der Waals surface area (Å²) in [4.78, 5) is 13.9. The molecule has 0 aliphatic carbocycles. The van der Waals surface area contributed by atoms with Crippen LogP contribution >= 0.6 is 0 Å². The molecule has 0 aliphatic heterocycles. The lowest BCUT2D eigenvalue weighted by Crippen LogP contribution is -2.06. The minimum Gasteiger partial charge on any atom is -0.303 e. The van der Waals surface area contributed by atoms with Gasteiger partial charge in [-0.25, -0.2) is 0 Å². The molecule has 0 amide bonds. The summed E-state index contributed by atoms with van der Waals surface area (Å²) >= 11 is 0. The van der Waals surface area contributed by atoms with Gasteiger partial charge in [-0.1, -0.05) is 0 Å². The number of hydrogen-bond donors (Lipinski definition) is 0. The molecule has 0 fully saturated rings. The van der Waals surface area contributed by atoms with Gasteiger partial charge in [0.25, 0.3) is 0 Å². The van der Waals surface area contributed by atoms with E-state index in [1.54, 1.807) is 0 Å². The molecule has 2 nitrogen and oxygen atoms in total. The molecule has 0 spiro atoms. The van der Waals surface area contributed by atoms with Crippen LogP contribution in [0.1, 0.15) is 30.5 Å². The fourth-order valence-corrected chi connectivity index (χ4v) is 1.33. The molecule has 16 heavy (non-hydrogen) atoms. The molecule has 1 aromatic heterocycles. The van der Waals surface area contributed by atoms with Crippen LogP contribution in [0, 0.1) is 0 Å². The molecule has 1 aromatic rings. The summed E-state index contributed by atoms with van der Waals surface area (Å²) in [5, 5.41) is 0. The van der Waals surface area contributed by atoms with E-state index in [0.717, 1.165) is 24.6 Å². The van der Waals surface area contributed by atoms with Crippen LogP contribution < -0.4 is 0 Å². The van der Waals surface area contributed by atoms with Crippen LogP contribution in [0.15, 0.2) is 18.3 Å². The maximum atomic E-state index is 12.3. The molecule has 0 bridgehead atoms. The SMILES string of the molecule is O=CCCCCc1cc(C(F)(F)F)ccn1. The van der Waals surface area contributed by atoms with Crippen molar-refractivity contribution in [2.45, 2.75) is 31.9 Å². The van der Waals surface area contributed by atoms with Gasteiger partial charge in [-0.2, -0.15) is 13.2 Å². The summed E-state index contributed by atoms with van der Waals surface area (Å²) in [6.45, 7) is 0. The fraction of sp³-hybridized carbons (Fsp3) is 0.455. The minimum atomic E-state index is -4.32. The molecule has 0 atom stereocenters. The zero-order valence-corrected chi connectivity index (χ0v) is 8.63. The van der Waals surface area contributed by atoms with Gasteiger partial charge in [0.2, 0.25) is 0 Å². The summed E-state index contributed by atoms with van der Waals surface area (Å²) in [7, 11) is 0. The van der Waals surface area contributed by atoms with E-state index in [0.29, 0.717) is 31.4 Å². The number of aromatic nitrogens is 1. The van der Waals surface area contributed by atoms with Gasteiger partial charge in [0, 0.05) is 18.3 Å². The minimum absolute atomic E-state index is 0.417. The lowest BCUT2D eigenvalue weighted by molar-refractivity contribution is -0.137. The molecule has 0 unspecified atom stereocenters. The van der Waals surface area contributed by atoms with Crippen molar-refractivity contribution in [2.75, 3.05) is 0 Å². The maximum absolute atomic E-state index is 12.3. The molecule has 0 N–H and O–H groups in total. The number of unbranched alkanes of at least 4 members (excludes halogenated alkanes) is 2. The first-order chi connectivity index (χ1) is 7.54. The Morgan fingerprint density at radius 1 is 1.31 bits per heavy atom. The van der Waals surface area contributed by atoms with E-state index in [4.69, 9.17) is 0 Å². The largest absolute Gasteiger partial charge is 0.416 e. The number of rotatable bonds is 5.